The molecular weight excluding hydrogens is 241 g/mol. The largest absolute Gasteiger partial charge is 0.375 e. The highest BCUT2D eigenvalue weighted by Gasteiger charge is 2.14. The third kappa shape index (κ3) is 2.98. The molecule has 0 fully saturated rings. The highest BCUT2D eigenvalue weighted by atomic mass is 35.5. The van der Waals surface area contributed by atoms with Crippen LogP contribution in [0.5, 0.6) is 0 Å². The summed E-state index contributed by atoms with van der Waals surface area (Å²) in [7, 11) is 2.15. The molecule has 1 aliphatic heterocycles. The molecule has 6 heteroatoms. The molecule has 1 aromatic rings. The van der Waals surface area contributed by atoms with E-state index in [0.717, 1.165) is 31.1 Å². The first-order chi connectivity index (χ1) is 5.75. The first-order valence-electron chi connectivity index (χ1n) is 4.18. The molecule has 0 amide bonds. The molecule has 82 valence electrons. The topological polar surface area (TPSA) is 42.2 Å². The van der Waals surface area contributed by atoms with Crippen LogP contribution in [0.1, 0.15) is 10.6 Å². The van der Waals surface area contributed by atoms with Crippen LogP contribution >= 0.6 is 36.2 Å². The van der Waals surface area contributed by atoms with E-state index >= 15 is 0 Å². The molecule has 0 radical (unpaired) electrons. The van der Waals surface area contributed by atoms with Gasteiger partial charge in [-0.1, -0.05) is 0 Å². The molecule has 0 spiro atoms. The average molecular weight is 256 g/mol. The minimum absolute atomic E-state index is 0. The summed E-state index contributed by atoms with van der Waals surface area (Å²) in [4.78, 5) is 8.04. The summed E-state index contributed by atoms with van der Waals surface area (Å²) in [6.45, 7) is 2.24. The van der Waals surface area contributed by atoms with Crippen molar-refractivity contribution in [2.45, 2.75) is 12.8 Å². The molecule has 0 saturated carbocycles. The van der Waals surface area contributed by atoms with Gasteiger partial charge in [-0.2, -0.15) is 0 Å². The number of likely N-dealkylation sites (N-methyl/N-ethyl adjacent to an activating group) is 1. The Morgan fingerprint density at radius 3 is 2.64 bits per heavy atom. The molecule has 0 unspecified atom stereocenters. The Bertz CT molecular complexity index is 265. The molecule has 2 N–H and O–H groups in total. The van der Waals surface area contributed by atoms with Crippen molar-refractivity contribution in [2.75, 3.05) is 25.9 Å². The number of hydrogen-bond donors (Lipinski definition) is 1. The zero-order valence-electron chi connectivity index (χ0n) is 8.02. The maximum absolute atomic E-state index is 5.64. The molecular formula is C8H15Cl2N3S. The normalized spacial score (nSPS) is 16.1. The number of halogens is 2. The molecule has 0 atom stereocenters. The first-order valence-corrected chi connectivity index (χ1v) is 5.00. The van der Waals surface area contributed by atoms with Gasteiger partial charge in [-0.15, -0.1) is 36.2 Å². The zero-order chi connectivity index (χ0) is 8.55. The van der Waals surface area contributed by atoms with E-state index < -0.39 is 0 Å². The number of nitrogen functional groups attached to an aromatic ring is 1. The molecule has 14 heavy (non-hydrogen) atoms. The number of nitrogens with zero attached hydrogens (tertiary/aromatic N) is 2. The molecule has 0 aliphatic carbocycles. The average Bonchev–Trinajstić information content (AvgIpc) is 2.31. The van der Waals surface area contributed by atoms with Crippen LogP contribution in [0.3, 0.4) is 0 Å². The fourth-order valence-corrected chi connectivity index (χ4v) is 2.36. The summed E-state index contributed by atoms with van der Waals surface area (Å²) in [6, 6.07) is 0. The van der Waals surface area contributed by atoms with Gasteiger partial charge >= 0.3 is 0 Å². The highest BCUT2D eigenvalue weighted by molar-refractivity contribution is 7.15. The Hall–Kier alpha value is -0.0300. The van der Waals surface area contributed by atoms with Crippen LogP contribution < -0.4 is 5.73 Å². The molecule has 3 nitrogen and oxygen atoms in total. The second kappa shape index (κ2) is 5.75. The van der Waals surface area contributed by atoms with E-state index in [1.54, 1.807) is 11.3 Å². The smallest absolute Gasteiger partial charge is 0.180 e. The van der Waals surface area contributed by atoms with Gasteiger partial charge in [0, 0.05) is 24.4 Å². The van der Waals surface area contributed by atoms with Crippen molar-refractivity contribution in [3.8, 4) is 0 Å². The molecule has 0 bridgehead atoms. The van der Waals surface area contributed by atoms with E-state index in [1.165, 1.54) is 10.6 Å². The van der Waals surface area contributed by atoms with E-state index in [4.69, 9.17) is 5.73 Å². The van der Waals surface area contributed by atoms with Gasteiger partial charge in [0.15, 0.2) is 5.13 Å². The van der Waals surface area contributed by atoms with E-state index in [-0.39, 0.29) is 24.8 Å². The predicted octanol–water partition coefficient (Wildman–Crippen LogP) is 1.60. The van der Waals surface area contributed by atoms with Crippen LogP contribution in [-0.4, -0.2) is 30.0 Å². The van der Waals surface area contributed by atoms with E-state index in [2.05, 4.69) is 16.9 Å². The fourth-order valence-electron chi connectivity index (χ4n) is 1.49. The van der Waals surface area contributed by atoms with Crippen LogP contribution in [0.4, 0.5) is 5.13 Å². The maximum Gasteiger partial charge on any atom is 0.180 e. The molecule has 1 aliphatic rings. The Kier molecular flexibility index (Phi) is 5.74. The Labute approximate surface area is 101 Å². The number of anilines is 1. The monoisotopic (exact) mass is 255 g/mol. The van der Waals surface area contributed by atoms with Gasteiger partial charge in [0.25, 0.3) is 0 Å². The first kappa shape index (κ1) is 14.0. The van der Waals surface area contributed by atoms with Crippen molar-refractivity contribution >= 4 is 41.3 Å². The maximum atomic E-state index is 5.64. The summed E-state index contributed by atoms with van der Waals surface area (Å²) < 4.78 is 0. The highest BCUT2D eigenvalue weighted by Crippen LogP contribution is 2.23. The number of aromatic nitrogens is 1. The van der Waals surface area contributed by atoms with Crippen LogP contribution in [0, 0.1) is 0 Å². The summed E-state index contributed by atoms with van der Waals surface area (Å²) in [5, 5.41) is 0.726. The Morgan fingerprint density at radius 1 is 1.29 bits per heavy atom. The van der Waals surface area contributed by atoms with Gasteiger partial charge in [-0.25, -0.2) is 4.98 Å². The molecule has 2 heterocycles. The van der Waals surface area contributed by atoms with Crippen molar-refractivity contribution < 1.29 is 0 Å². The summed E-state index contributed by atoms with van der Waals surface area (Å²) >= 11 is 1.65. The summed E-state index contributed by atoms with van der Waals surface area (Å²) in [6.07, 6.45) is 2.17. The van der Waals surface area contributed by atoms with Crippen LogP contribution in [0.25, 0.3) is 0 Å². The van der Waals surface area contributed by atoms with Crippen molar-refractivity contribution in [2.24, 2.45) is 0 Å². The lowest BCUT2D eigenvalue weighted by atomic mass is 10.2. The second-order valence-electron chi connectivity index (χ2n) is 3.23. The molecule has 0 aromatic carbocycles. The second-order valence-corrected chi connectivity index (χ2v) is 4.34. The summed E-state index contributed by atoms with van der Waals surface area (Å²) in [5.74, 6) is 0. The summed E-state index contributed by atoms with van der Waals surface area (Å²) in [5.41, 5.74) is 6.86. The van der Waals surface area contributed by atoms with E-state index in [1.807, 2.05) is 0 Å². The predicted molar refractivity (Wildman–Crippen MR) is 65.9 cm³/mol. The fraction of sp³-hybridized carbons (Fsp3) is 0.625. The standard InChI is InChI=1S/C8H13N3S.2ClH/c1-11-4-2-6-7(3-5-11)12-8(9)10-6;;/h2-5H2,1H3,(H2,9,10);2*1H. The number of nitrogens with two attached hydrogens (primary N) is 1. The number of rotatable bonds is 0. The van der Waals surface area contributed by atoms with Gasteiger partial charge in [0.2, 0.25) is 0 Å². The number of hydrogen-bond acceptors (Lipinski definition) is 4. The van der Waals surface area contributed by atoms with Gasteiger partial charge in [0.05, 0.1) is 5.69 Å². The molecule has 1 aromatic heterocycles. The number of thiazole rings is 1. The third-order valence-corrected chi connectivity index (χ3v) is 3.23. The minimum Gasteiger partial charge on any atom is -0.375 e. The van der Waals surface area contributed by atoms with Gasteiger partial charge in [0.1, 0.15) is 0 Å². The van der Waals surface area contributed by atoms with Crippen molar-refractivity contribution in [3.05, 3.63) is 10.6 Å². The van der Waals surface area contributed by atoms with E-state index in [9.17, 15) is 0 Å². The quantitative estimate of drug-likeness (QED) is 0.766. The van der Waals surface area contributed by atoms with Crippen molar-refractivity contribution in [1.82, 2.24) is 9.88 Å². The lowest BCUT2D eigenvalue weighted by Gasteiger charge is -2.10. The van der Waals surface area contributed by atoms with Crippen LogP contribution in [0.15, 0.2) is 0 Å². The zero-order valence-corrected chi connectivity index (χ0v) is 10.5. The minimum atomic E-state index is 0. The van der Waals surface area contributed by atoms with Crippen molar-refractivity contribution in [1.29, 1.82) is 0 Å². The Morgan fingerprint density at radius 2 is 1.93 bits per heavy atom. The van der Waals surface area contributed by atoms with Gasteiger partial charge < -0.3 is 10.6 Å². The molecule has 2 rings (SSSR count). The Balaban J connectivity index is 0.000000845. The SMILES string of the molecule is CN1CCc2nc(N)sc2CC1.Cl.Cl. The van der Waals surface area contributed by atoms with E-state index in [0.29, 0.717) is 0 Å². The van der Waals surface area contributed by atoms with Gasteiger partial charge in [-0.05, 0) is 13.5 Å². The number of fused-ring (bicyclic) bond motifs is 1. The van der Waals surface area contributed by atoms with Crippen molar-refractivity contribution in [3.63, 3.8) is 0 Å². The lowest BCUT2D eigenvalue weighted by molar-refractivity contribution is 0.352. The van der Waals surface area contributed by atoms with Crippen LogP contribution in [0.2, 0.25) is 0 Å². The van der Waals surface area contributed by atoms with Crippen LogP contribution in [-0.2, 0) is 12.8 Å². The van der Waals surface area contributed by atoms with Gasteiger partial charge in [-0.3, -0.25) is 0 Å². The third-order valence-electron chi connectivity index (χ3n) is 2.25. The lowest BCUT2D eigenvalue weighted by Crippen LogP contribution is -2.20. The molecule has 0 saturated heterocycles.